The van der Waals surface area contributed by atoms with Gasteiger partial charge in [0.15, 0.2) is 0 Å². The van der Waals surface area contributed by atoms with Crippen molar-refractivity contribution in [3.8, 4) is 5.75 Å². The molecule has 0 N–H and O–H groups in total. The molecule has 0 radical (unpaired) electrons. The molecule has 0 bridgehead atoms. The van der Waals surface area contributed by atoms with E-state index in [1.165, 1.54) is 16.7 Å². The van der Waals surface area contributed by atoms with Crippen LogP contribution in [0.25, 0.3) is 0 Å². The number of nitrogens with zero attached hydrogens (tertiary/aromatic N) is 1. The van der Waals surface area contributed by atoms with Crippen LogP contribution in [0.15, 0.2) is 72.9 Å². The van der Waals surface area contributed by atoms with E-state index in [9.17, 15) is 0 Å². The van der Waals surface area contributed by atoms with Crippen LogP contribution in [-0.4, -0.2) is 4.98 Å². The second-order valence-corrected chi connectivity index (χ2v) is 6.10. The molecule has 0 amide bonds. The summed E-state index contributed by atoms with van der Waals surface area (Å²) in [7, 11) is 0. The standard InChI is InChI=1S/C21H19NO/c1-15-9-11-16(12-10-15)18-14-21(19-7-4-5-13-22-19)23-20-8-3-2-6-17(18)20/h2-13,18,21H,14H2,1H3/t18-,21+/m1/s1. The van der Waals surface area contributed by atoms with Crippen LogP contribution in [0.3, 0.4) is 0 Å². The van der Waals surface area contributed by atoms with E-state index in [1.54, 1.807) is 0 Å². The molecule has 2 heterocycles. The summed E-state index contributed by atoms with van der Waals surface area (Å²) in [5.74, 6) is 1.31. The summed E-state index contributed by atoms with van der Waals surface area (Å²) in [5, 5.41) is 0. The van der Waals surface area contributed by atoms with Crippen LogP contribution in [0.2, 0.25) is 0 Å². The van der Waals surface area contributed by atoms with Gasteiger partial charge in [0, 0.05) is 24.1 Å². The fourth-order valence-corrected chi connectivity index (χ4v) is 3.28. The Bertz CT molecular complexity index is 796. The highest BCUT2D eigenvalue weighted by atomic mass is 16.5. The lowest BCUT2D eigenvalue weighted by Gasteiger charge is -2.32. The van der Waals surface area contributed by atoms with Crippen molar-refractivity contribution in [3.05, 3.63) is 95.3 Å². The second-order valence-electron chi connectivity index (χ2n) is 6.10. The van der Waals surface area contributed by atoms with Crippen molar-refractivity contribution in [2.24, 2.45) is 0 Å². The molecule has 0 fully saturated rings. The molecule has 1 aliphatic rings. The van der Waals surface area contributed by atoms with Gasteiger partial charge >= 0.3 is 0 Å². The number of ether oxygens (including phenoxy) is 1. The first kappa shape index (κ1) is 14.0. The lowest BCUT2D eigenvalue weighted by atomic mass is 9.83. The molecule has 2 aromatic carbocycles. The van der Waals surface area contributed by atoms with Gasteiger partial charge in [-0.15, -0.1) is 0 Å². The first-order chi connectivity index (χ1) is 11.3. The lowest BCUT2D eigenvalue weighted by molar-refractivity contribution is 0.163. The minimum atomic E-state index is -0.00240. The first-order valence-corrected chi connectivity index (χ1v) is 8.04. The summed E-state index contributed by atoms with van der Waals surface area (Å²) in [5.41, 5.74) is 4.89. The third kappa shape index (κ3) is 2.72. The number of hydrogen-bond donors (Lipinski definition) is 0. The zero-order valence-corrected chi connectivity index (χ0v) is 13.1. The zero-order chi connectivity index (χ0) is 15.6. The zero-order valence-electron chi connectivity index (χ0n) is 13.1. The number of hydrogen-bond acceptors (Lipinski definition) is 2. The van der Waals surface area contributed by atoms with E-state index in [-0.39, 0.29) is 6.10 Å². The van der Waals surface area contributed by atoms with E-state index < -0.39 is 0 Å². The van der Waals surface area contributed by atoms with Gasteiger partial charge in [-0.1, -0.05) is 54.1 Å². The maximum atomic E-state index is 6.23. The Hall–Kier alpha value is -2.61. The van der Waals surface area contributed by atoms with Gasteiger partial charge in [-0.25, -0.2) is 0 Å². The van der Waals surface area contributed by atoms with Crippen LogP contribution in [0.5, 0.6) is 5.75 Å². The predicted molar refractivity (Wildman–Crippen MR) is 91.7 cm³/mol. The highest BCUT2D eigenvalue weighted by molar-refractivity contribution is 5.45. The molecule has 0 saturated carbocycles. The molecule has 2 heteroatoms. The number of fused-ring (bicyclic) bond motifs is 1. The molecule has 2 nitrogen and oxygen atoms in total. The van der Waals surface area contributed by atoms with Crippen molar-refractivity contribution in [3.63, 3.8) is 0 Å². The molecule has 1 aromatic heterocycles. The SMILES string of the molecule is Cc1ccc([C@H]2C[C@@H](c3ccccn3)Oc3ccccc32)cc1. The topological polar surface area (TPSA) is 22.1 Å². The molecule has 23 heavy (non-hydrogen) atoms. The summed E-state index contributed by atoms with van der Waals surface area (Å²) in [6.45, 7) is 2.12. The number of pyridine rings is 1. The van der Waals surface area contributed by atoms with E-state index >= 15 is 0 Å². The average molecular weight is 301 g/mol. The van der Waals surface area contributed by atoms with Gasteiger partial charge in [0.2, 0.25) is 0 Å². The van der Waals surface area contributed by atoms with Gasteiger partial charge < -0.3 is 4.74 Å². The van der Waals surface area contributed by atoms with Crippen LogP contribution in [0.4, 0.5) is 0 Å². The van der Waals surface area contributed by atoms with Gasteiger partial charge in [0.25, 0.3) is 0 Å². The van der Waals surface area contributed by atoms with Crippen molar-refractivity contribution in [2.75, 3.05) is 0 Å². The van der Waals surface area contributed by atoms with Gasteiger partial charge in [0.1, 0.15) is 11.9 Å². The van der Waals surface area contributed by atoms with E-state index in [1.807, 2.05) is 30.5 Å². The maximum Gasteiger partial charge on any atom is 0.141 e. The monoisotopic (exact) mass is 301 g/mol. The van der Waals surface area contributed by atoms with Gasteiger partial charge in [-0.3, -0.25) is 4.98 Å². The van der Waals surface area contributed by atoms with Gasteiger partial charge in [-0.05, 0) is 30.7 Å². The summed E-state index contributed by atoms with van der Waals surface area (Å²) < 4.78 is 6.23. The van der Waals surface area contributed by atoms with Crippen LogP contribution in [-0.2, 0) is 0 Å². The molecule has 4 rings (SSSR count). The van der Waals surface area contributed by atoms with E-state index in [2.05, 4.69) is 54.4 Å². The van der Waals surface area contributed by atoms with Crippen LogP contribution in [0, 0.1) is 6.92 Å². The third-order valence-electron chi connectivity index (χ3n) is 4.51. The number of benzene rings is 2. The fourth-order valence-electron chi connectivity index (χ4n) is 3.28. The smallest absolute Gasteiger partial charge is 0.141 e. The normalized spacial score (nSPS) is 19.7. The molecule has 2 atom stereocenters. The summed E-state index contributed by atoms with van der Waals surface area (Å²) in [4.78, 5) is 4.49. The molecular weight excluding hydrogens is 282 g/mol. The van der Waals surface area contributed by atoms with Crippen molar-refractivity contribution in [1.82, 2.24) is 4.98 Å². The van der Waals surface area contributed by atoms with Crippen molar-refractivity contribution >= 4 is 0 Å². The first-order valence-electron chi connectivity index (χ1n) is 8.04. The summed E-state index contributed by atoms with van der Waals surface area (Å²) >= 11 is 0. The Morgan fingerprint density at radius 3 is 2.48 bits per heavy atom. The molecule has 114 valence electrons. The Labute approximate surface area is 136 Å². The van der Waals surface area contributed by atoms with Crippen LogP contribution < -0.4 is 4.74 Å². The highest BCUT2D eigenvalue weighted by Crippen LogP contribution is 2.44. The second kappa shape index (κ2) is 5.88. The molecule has 0 unspecified atom stereocenters. The number of aryl methyl sites for hydroxylation is 1. The molecule has 0 saturated heterocycles. The van der Waals surface area contributed by atoms with Crippen molar-refractivity contribution in [1.29, 1.82) is 0 Å². The fraction of sp³-hybridized carbons (Fsp3) is 0.190. The maximum absolute atomic E-state index is 6.23. The van der Waals surface area contributed by atoms with E-state index in [4.69, 9.17) is 4.74 Å². The summed E-state index contributed by atoms with van der Waals surface area (Å²) in [6.07, 6.45) is 2.74. The van der Waals surface area contributed by atoms with Crippen LogP contribution in [0.1, 0.15) is 40.8 Å². The Morgan fingerprint density at radius 2 is 1.70 bits per heavy atom. The Kier molecular flexibility index (Phi) is 3.58. The molecule has 3 aromatic rings. The number of para-hydroxylation sites is 1. The quantitative estimate of drug-likeness (QED) is 0.661. The molecule has 1 aliphatic heterocycles. The van der Waals surface area contributed by atoms with Crippen LogP contribution >= 0.6 is 0 Å². The van der Waals surface area contributed by atoms with E-state index in [0.717, 1.165) is 17.9 Å². The average Bonchev–Trinajstić information content (AvgIpc) is 2.62. The Balaban J connectivity index is 1.76. The number of rotatable bonds is 2. The molecule has 0 spiro atoms. The molecular formula is C21H19NO. The van der Waals surface area contributed by atoms with Crippen molar-refractivity contribution in [2.45, 2.75) is 25.4 Å². The predicted octanol–water partition coefficient (Wildman–Crippen LogP) is 5.05. The minimum absolute atomic E-state index is 0.00240. The number of aromatic nitrogens is 1. The summed E-state index contributed by atoms with van der Waals surface area (Å²) in [6, 6.07) is 23.2. The van der Waals surface area contributed by atoms with E-state index in [0.29, 0.717) is 5.92 Å². The highest BCUT2D eigenvalue weighted by Gasteiger charge is 2.30. The van der Waals surface area contributed by atoms with Gasteiger partial charge in [-0.2, -0.15) is 0 Å². The minimum Gasteiger partial charge on any atom is -0.484 e. The van der Waals surface area contributed by atoms with Gasteiger partial charge in [0.05, 0.1) is 5.69 Å². The molecule has 0 aliphatic carbocycles. The van der Waals surface area contributed by atoms with Crippen molar-refractivity contribution < 1.29 is 4.74 Å². The largest absolute Gasteiger partial charge is 0.484 e. The Morgan fingerprint density at radius 1 is 0.913 bits per heavy atom. The lowest BCUT2D eigenvalue weighted by Crippen LogP contribution is -2.20. The third-order valence-corrected chi connectivity index (χ3v) is 4.51.